The minimum Gasteiger partial charge on any atom is -0.419 e. The average molecular weight is 397 g/mol. The molecule has 0 unspecified atom stereocenters. The van der Waals surface area contributed by atoms with Crippen molar-refractivity contribution in [2.45, 2.75) is 26.4 Å². The number of hydrogen-bond acceptors (Lipinski definition) is 5. The summed E-state index contributed by atoms with van der Waals surface area (Å²) in [5, 5.41) is 9.15. The van der Waals surface area contributed by atoms with Gasteiger partial charge in [0, 0.05) is 43.3 Å². The van der Waals surface area contributed by atoms with Crippen LogP contribution in [0.4, 0.5) is 0 Å². The summed E-state index contributed by atoms with van der Waals surface area (Å²) in [7, 11) is 0. The van der Waals surface area contributed by atoms with Crippen LogP contribution in [0.5, 0.6) is 0 Å². The highest BCUT2D eigenvalue weighted by molar-refractivity contribution is 6.30. The summed E-state index contributed by atoms with van der Waals surface area (Å²) in [6.07, 6.45) is 0. The molecule has 0 aliphatic carbocycles. The number of piperazine rings is 1. The summed E-state index contributed by atoms with van der Waals surface area (Å²) in [5.74, 6) is 1.17. The molecule has 1 saturated heterocycles. The molecule has 5 nitrogen and oxygen atoms in total. The number of halogens is 1. The Balaban J connectivity index is 1.37. The first kappa shape index (κ1) is 19.1. The Morgan fingerprint density at radius 3 is 2.57 bits per heavy atom. The average Bonchev–Trinajstić information content (AvgIpc) is 3.20. The molecule has 2 aromatic carbocycles. The number of aryl methyl sites for hydroxylation is 1. The molecule has 1 aliphatic rings. The highest BCUT2D eigenvalue weighted by Crippen LogP contribution is 2.26. The van der Waals surface area contributed by atoms with Crippen LogP contribution in [0.3, 0.4) is 0 Å². The molecule has 0 amide bonds. The Morgan fingerprint density at radius 2 is 1.82 bits per heavy atom. The van der Waals surface area contributed by atoms with E-state index in [1.165, 1.54) is 11.1 Å². The lowest BCUT2D eigenvalue weighted by Crippen LogP contribution is -2.46. The Hall–Kier alpha value is -2.21. The van der Waals surface area contributed by atoms with Crippen LogP contribution in [0.1, 0.15) is 30.0 Å². The first-order valence-electron chi connectivity index (χ1n) is 9.70. The lowest BCUT2D eigenvalue weighted by molar-refractivity contribution is 0.0875. The van der Waals surface area contributed by atoms with E-state index in [1.54, 1.807) is 0 Å². The molecule has 1 atom stereocenters. The van der Waals surface area contributed by atoms with Crippen molar-refractivity contribution in [2.24, 2.45) is 0 Å². The van der Waals surface area contributed by atoms with Crippen LogP contribution in [0, 0.1) is 6.92 Å². The minimum absolute atomic E-state index is 0.0982. The zero-order valence-corrected chi connectivity index (χ0v) is 17.1. The van der Waals surface area contributed by atoms with Gasteiger partial charge in [0.05, 0.1) is 6.04 Å². The van der Waals surface area contributed by atoms with Crippen LogP contribution in [-0.4, -0.2) is 46.2 Å². The second-order valence-electron chi connectivity index (χ2n) is 7.37. The number of rotatable bonds is 5. The van der Waals surface area contributed by atoms with Gasteiger partial charge in [-0.15, -0.1) is 10.2 Å². The van der Waals surface area contributed by atoms with E-state index in [0.29, 0.717) is 16.8 Å². The fourth-order valence-corrected chi connectivity index (χ4v) is 3.83. The molecule has 0 N–H and O–H groups in total. The highest BCUT2D eigenvalue weighted by atomic mass is 35.5. The van der Waals surface area contributed by atoms with Crippen LogP contribution >= 0.6 is 11.6 Å². The smallest absolute Gasteiger partial charge is 0.247 e. The Bertz CT molecular complexity index is 934. The largest absolute Gasteiger partial charge is 0.419 e. The standard InChI is InChI=1S/C22H25ClN4O/c1-16-6-3-4-7-19(16)15-26-10-12-27(13-11-26)17(2)21-24-25-22(28-21)18-8-5-9-20(23)14-18/h3-9,14,17H,10-13,15H2,1-2H3/t17-/m0/s1. The van der Waals surface area contributed by atoms with E-state index in [2.05, 4.69) is 58.1 Å². The lowest BCUT2D eigenvalue weighted by Gasteiger charge is -2.37. The molecule has 6 heteroatoms. The topological polar surface area (TPSA) is 45.4 Å². The quantitative estimate of drug-likeness (QED) is 0.631. The molecule has 3 aromatic rings. The predicted molar refractivity (Wildman–Crippen MR) is 111 cm³/mol. The first-order valence-corrected chi connectivity index (χ1v) is 10.1. The van der Waals surface area contributed by atoms with Gasteiger partial charge in [0.2, 0.25) is 11.8 Å². The van der Waals surface area contributed by atoms with E-state index in [9.17, 15) is 0 Å². The van der Waals surface area contributed by atoms with Crippen molar-refractivity contribution in [3.63, 3.8) is 0 Å². The van der Waals surface area contributed by atoms with E-state index in [0.717, 1.165) is 38.3 Å². The van der Waals surface area contributed by atoms with Crippen LogP contribution in [0.25, 0.3) is 11.5 Å². The molecular formula is C22H25ClN4O. The van der Waals surface area contributed by atoms with Gasteiger partial charge in [-0.05, 0) is 43.2 Å². The number of nitrogens with zero attached hydrogens (tertiary/aromatic N) is 4. The van der Waals surface area contributed by atoms with Crippen LogP contribution in [0.2, 0.25) is 5.02 Å². The Morgan fingerprint density at radius 1 is 1.04 bits per heavy atom. The van der Waals surface area contributed by atoms with Gasteiger partial charge in [-0.3, -0.25) is 9.80 Å². The van der Waals surface area contributed by atoms with Crippen molar-refractivity contribution >= 4 is 11.6 Å². The van der Waals surface area contributed by atoms with Gasteiger partial charge in [0.1, 0.15) is 0 Å². The summed E-state index contributed by atoms with van der Waals surface area (Å²) in [6, 6.07) is 16.2. The van der Waals surface area contributed by atoms with Crippen molar-refractivity contribution < 1.29 is 4.42 Å². The monoisotopic (exact) mass is 396 g/mol. The maximum Gasteiger partial charge on any atom is 0.247 e. The maximum atomic E-state index is 6.06. The van der Waals surface area contributed by atoms with E-state index in [4.69, 9.17) is 16.0 Å². The fraction of sp³-hybridized carbons (Fsp3) is 0.364. The van der Waals surface area contributed by atoms with Crippen LogP contribution in [0.15, 0.2) is 52.9 Å². The number of aromatic nitrogens is 2. The molecule has 0 spiro atoms. The summed E-state index contributed by atoms with van der Waals surface area (Å²) < 4.78 is 5.94. The summed E-state index contributed by atoms with van der Waals surface area (Å²) in [5.41, 5.74) is 3.62. The van der Waals surface area contributed by atoms with E-state index in [-0.39, 0.29) is 6.04 Å². The third-order valence-corrected chi connectivity index (χ3v) is 5.71. The Kier molecular flexibility index (Phi) is 5.76. The molecule has 1 aliphatic heterocycles. The van der Waals surface area contributed by atoms with E-state index >= 15 is 0 Å². The zero-order chi connectivity index (χ0) is 19.5. The third kappa shape index (κ3) is 4.27. The number of benzene rings is 2. The van der Waals surface area contributed by atoms with E-state index < -0.39 is 0 Å². The molecule has 2 heterocycles. The first-order chi connectivity index (χ1) is 13.6. The molecule has 0 bridgehead atoms. The normalized spacial score (nSPS) is 17.0. The van der Waals surface area contributed by atoms with Crippen LogP contribution in [-0.2, 0) is 6.54 Å². The van der Waals surface area contributed by atoms with Crippen LogP contribution < -0.4 is 0 Å². The predicted octanol–water partition coefficient (Wildman–Crippen LogP) is 4.58. The van der Waals surface area contributed by atoms with Crippen molar-refractivity contribution in [2.75, 3.05) is 26.2 Å². The van der Waals surface area contributed by atoms with Gasteiger partial charge in [-0.2, -0.15) is 0 Å². The third-order valence-electron chi connectivity index (χ3n) is 5.48. The molecule has 0 radical (unpaired) electrons. The molecule has 1 fully saturated rings. The van der Waals surface area contributed by atoms with Gasteiger partial charge in [-0.1, -0.05) is 41.9 Å². The van der Waals surface area contributed by atoms with Gasteiger partial charge in [-0.25, -0.2) is 0 Å². The SMILES string of the molecule is Cc1ccccc1CN1CCN([C@@H](C)c2nnc(-c3cccc(Cl)c3)o2)CC1. The minimum atomic E-state index is 0.0982. The Labute approximate surface area is 170 Å². The van der Waals surface area contributed by atoms with Crippen molar-refractivity contribution in [1.82, 2.24) is 20.0 Å². The molecule has 4 rings (SSSR count). The number of hydrogen-bond donors (Lipinski definition) is 0. The second kappa shape index (κ2) is 8.43. The molecule has 146 valence electrons. The molecule has 0 saturated carbocycles. The fourth-order valence-electron chi connectivity index (χ4n) is 3.63. The molecular weight excluding hydrogens is 372 g/mol. The van der Waals surface area contributed by atoms with Gasteiger partial charge in [0.25, 0.3) is 0 Å². The van der Waals surface area contributed by atoms with Crippen molar-refractivity contribution in [3.05, 3.63) is 70.6 Å². The summed E-state index contributed by atoms with van der Waals surface area (Å²) in [6.45, 7) is 9.37. The summed E-state index contributed by atoms with van der Waals surface area (Å²) >= 11 is 6.06. The van der Waals surface area contributed by atoms with E-state index in [1.807, 2.05) is 24.3 Å². The van der Waals surface area contributed by atoms with Crippen molar-refractivity contribution in [3.8, 4) is 11.5 Å². The zero-order valence-electron chi connectivity index (χ0n) is 16.3. The second-order valence-corrected chi connectivity index (χ2v) is 7.81. The van der Waals surface area contributed by atoms with Crippen molar-refractivity contribution in [1.29, 1.82) is 0 Å². The maximum absolute atomic E-state index is 6.06. The highest BCUT2D eigenvalue weighted by Gasteiger charge is 2.26. The molecule has 1 aromatic heterocycles. The molecule has 28 heavy (non-hydrogen) atoms. The van der Waals surface area contributed by atoms with Gasteiger partial charge < -0.3 is 4.42 Å². The van der Waals surface area contributed by atoms with Gasteiger partial charge in [0.15, 0.2) is 0 Å². The lowest BCUT2D eigenvalue weighted by atomic mass is 10.1. The summed E-state index contributed by atoms with van der Waals surface area (Å²) in [4.78, 5) is 4.92. The van der Waals surface area contributed by atoms with Gasteiger partial charge >= 0.3 is 0 Å².